The van der Waals surface area contributed by atoms with Crippen LogP contribution >= 0.6 is 0 Å². The minimum atomic E-state index is -0.257. The van der Waals surface area contributed by atoms with Crippen molar-refractivity contribution in [2.75, 3.05) is 26.7 Å². The highest BCUT2D eigenvalue weighted by Crippen LogP contribution is 2.21. The molecular weight excluding hydrogens is 344 g/mol. The number of hydrogen-bond donors (Lipinski definition) is 2. The smallest absolute Gasteiger partial charge is 0.255 e. The molecule has 27 heavy (non-hydrogen) atoms. The van der Waals surface area contributed by atoms with Crippen molar-refractivity contribution >= 4 is 11.8 Å². The Hall–Kier alpha value is -2.15. The number of piperidine rings is 1. The van der Waals surface area contributed by atoms with Gasteiger partial charge in [-0.3, -0.25) is 14.4 Å². The molecule has 7 nitrogen and oxygen atoms in total. The van der Waals surface area contributed by atoms with Crippen LogP contribution in [-0.4, -0.2) is 54.0 Å². The van der Waals surface area contributed by atoms with Crippen LogP contribution in [0.3, 0.4) is 0 Å². The molecule has 150 valence electrons. The van der Waals surface area contributed by atoms with Crippen molar-refractivity contribution in [2.45, 2.75) is 53.1 Å². The van der Waals surface area contributed by atoms with Gasteiger partial charge in [-0.1, -0.05) is 0 Å². The van der Waals surface area contributed by atoms with Gasteiger partial charge >= 0.3 is 0 Å². The number of nitrogens with one attached hydrogen (secondary N) is 2. The lowest BCUT2D eigenvalue weighted by molar-refractivity contribution is -0.122. The molecule has 2 amide bonds. The van der Waals surface area contributed by atoms with E-state index in [-0.39, 0.29) is 30.0 Å². The van der Waals surface area contributed by atoms with Gasteiger partial charge in [0, 0.05) is 30.9 Å². The third-order valence-corrected chi connectivity index (χ3v) is 5.03. The van der Waals surface area contributed by atoms with Gasteiger partial charge in [0.05, 0.1) is 5.56 Å². The van der Waals surface area contributed by atoms with Crippen molar-refractivity contribution in [3.8, 4) is 0 Å². The number of nitrogens with zero attached hydrogens (tertiary/aromatic N) is 2. The molecular formula is C20H32N4O3. The van der Waals surface area contributed by atoms with E-state index in [1.807, 2.05) is 25.8 Å². The Morgan fingerprint density at radius 3 is 2.63 bits per heavy atom. The SMILES string of the molecule is CNCC1CCCN(C(=O)c2c(C)cc(=O)n(CC(=O)NC(C)C)c2C)C1. The van der Waals surface area contributed by atoms with Gasteiger partial charge in [-0.05, 0) is 65.6 Å². The molecule has 0 aromatic carbocycles. The predicted molar refractivity (Wildman–Crippen MR) is 106 cm³/mol. The fraction of sp³-hybridized carbons (Fsp3) is 0.650. The summed E-state index contributed by atoms with van der Waals surface area (Å²) in [4.78, 5) is 39.6. The van der Waals surface area contributed by atoms with Crippen LogP contribution in [0.5, 0.6) is 0 Å². The molecule has 7 heteroatoms. The summed E-state index contributed by atoms with van der Waals surface area (Å²) in [7, 11) is 1.92. The molecule has 1 fully saturated rings. The summed E-state index contributed by atoms with van der Waals surface area (Å²) in [6, 6.07) is 1.45. The topological polar surface area (TPSA) is 83.4 Å². The summed E-state index contributed by atoms with van der Waals surface area (Å²) in [5, 5.41) is 5.98. The quantitative estimate of drug-likeness (QED) is 0.778. The molecule has 0 saturated carbocycles. The van der Waals surface area contributed by atoms with Gasteiger partial charge in [0.15, 0.2) is 0 Å². The van der Waals surface area contributed by atoms with Crippen molar-refractivity contribution < 1.29 is 9.59 Å². The Kier molecular flexibility index (Phi) is 7.18. The molecule has 1 aromatic rings. The van der Waals surface area contributed by atoms with E-state index in [0.717, 1.165) is 25.9 Å². The molecule has 0 spiro atoms. The zero-order chi connectivity index (χ0) is 20.1. The maximum absolute atomic E-state index is 13.2. The highest BCUT2D eigenvalue weighted by atomic mass is 16.2. The molecule has 1 atom stereocenters. The summed E-state index contributed by atoms with van der Waals surface area (Å²) < 4.78 is 1.40. The predicted octanol–water partition coefficient (Wildman–Crippen LogP) is 1.06. The Labute approximate surface area is 161 Å². The van der Waals surface area contributed by atoms with Crippen LogP contribution in [0, 0.1) is 19.8 Å². The summed E-state index contributed by atoms with van der Waals surface area (Å²) in [6.07, 6.45) is 2.09. The highest BCUT2D eigenvalue weighted by Gasteiger charge is 2.27. The molecule has 0 radical (unpaired) electrons. The van der Waals surface area contributed by atoms with Gasteiger partial charge < -0.3 is 20.1 Å². The van der Waals surface area contributed by atoms with E-state index < -0.39 is 0 Å². The summed E-state index contributed by atoms with van der Waals surface area (Å²) >= 11 is 0. The second-order valence-corrected chi connectivity index (χ2v) is 7.75. The van der Waals surface area contributed by atoms with Gasteiger partial charge in [-0.15, -0.1) is 0 Å². The lowest BCUT2D eigenvalue weighted by Crippen LogP contribution is -2.44. The second-order valence-electron chi connectivity index (χ2n) is 7.75. The van der Waals surface area contributed by atoms with Crippen LogP contribution in [0.15, 0.2) is 10.9 Å². The Bertz CT molecular complexity index is 752. The lowest BCUT2D eigenvalue weighted by Gasteiger charge is -2.33. The van der Waals surface area contributed by atoms with Gasteiger partial charge in [0.2, 0.25) is 5.91 Å². The maximum Gasteiger partial charge on any atom is 0.255 e. The first-order valence-electron chi connectivity index (χ1n) is 9.68. The monoisotopic (exact) mass is 376 g/mol. The van der Waals surface area contributed by atoms with Gasteiger partial charge in [-0.25, -0.2) is 0 Å². The van der Waals surface area contributed by atoms with Crippen molar-refractivity contribution in [1.82, 2.24) is 20.1 Å². The van der Waals surface area contributed by atoms with E-state index in [1.54, 1.807) is 13.8 Å². The van der Waals surface area contributed by atoms with E-state index >= 15 is 0 Å². The highest BCUT2D eigenvalue weighted by molar-refractivity contribution is 5.96. The molecule has 1 unspecified atom stereocenters. The Morgan fingerprint density at radius 2 is 2.00 bits per heavy atom. The van der Waals surface area contributed by atoms with Crippen LogP contribution in [0.1, 0.15) is 48.3 Å². The molecule has 1 saturated heterocycles. The number of carbonyl (C=O) groups is 2. The molecule has 1 aliphatic heterocycles. The average Bonchev–Trinajstić information content (AvgIpc) is 2.58. The van der Waals surface area contributed by atoms with E-state index in [9.17, 15) is 14.4 Å². The number of rotatable bonds is 6. The number of aromatic nitrogens is 1. The molecule has 2 rings (SSSR count). The molecule has 2 N–H and O–H groups in total. The number of carbonyl (C=O) groups excluding carboxylic acids is 2. The normalized spacial score (nSPS) is 17.3. The molecule has 0 aliphatic carbocycles. The van der Waals surface area contributed by atoms with Crippen molar-refractivity contribution in [3.05, 3.63) is 33.2 Å². The number of likely N-dealkylation sites (tertiary alicyclic amines) is 1. The van der Waals surface area contributed by atoms with E-state index in [2.05, 4.69) is 10.6 Å². The van der Waals surface area contributed by atoms with Gasteiger partial charge in [0.25, 0.3) is 11.5 Å². The Balaban J connectivity index is 2.30. The maximum atomic E-state index is 13.2. The van der Waals surface area contributed by atoms with Crippen LogP contribution in [0.25, 0.3) is 0 Å². The van der Waals surface area contributed by atoms with Crippen LogP contribution in [0.4, 0.5) is 0 Å². The molecule has 1 aliphatic rings. The zero-order valence-corrected chi connectivity index (χ0v) is 17.1. The third kappa shape index (κ3) is 5.19. The van der Waals surface area contributed by atoms with E-state index in [4.69, 9.17) is 0 Å². The number of amides is 2. The number of aryl methyl sites for hydroxylation is 1. The molecule has 0 bridgehead atoms. The largest absolute Gasteiger partial charge is 0.352 e. The zero-order valence-electron chi connectivity index (χ0n) is 17.1. The van der Waals surface area contributed by atoms with E-state index in [0.29, 0.717) is 29.3 Å². The summed E-state index contributed by atoms with van der Waals surface area (Å²) in [5.41, 5.74) is 1.50. The first-order valence-corrected chi connectivity index (χ1v) is 9.68. The minimum absolute atomic E-state index is 0.00230. The second kappa shape index (κ2) is 9.17. The van der Waals surface area contributed by atoms with Gasteiger partial charge in [0.1, 0.15) is 6.54 Å². The first-order chi connectivity index (χ1) is 12.7. The Morgan fingerprint density at radius 1 is 1.30 bits per heavy atom. The standard InChI is InChI=1S/C20H32N4O3/c1-13(2)22-17(25)12-24-15(4)19(14(3)9-18(24)26)20(27)23-8-6-7-16(11-23)10-21-5/h9,13,16,21H,6-8,10-12H2,1-5H3,(H,22,25). The summed E-state index contributed by atoms with van der Waals surface area (Å²) in [5.74, 6) is 0.157. The van der Waals surface area contributed by atoms with Crippen LogP contribution in [-0.2, 0) is 11.3 Å². The fourth-order valence-corrected chi connectivity index (χ4v) is 3.81. The average molecular weight is 377 g/mol. The van der Waals surface area contributed by atoms with Crippen molar-refractivity contribution in [2.24, 2.45) is 5.92 Å². The summed E-state index contributed by atoms with van der Waals surface area (Å²) in [6.45, 7) is 9.53. The lowest BCUT2D eigenvalue weighted by atomic mass is 9.96. The van der Waals surface area contributed by atoms with E-state index in [1.165, 1.54) is 10.6 Å². The van der Waals surface area contributed by atoms with Gasteiger partial charge in [-0.2, -0.15) is 0 Å². The minimum Gasteiger partial charge on any atom is -0.352 e. The fourth-order valence-electron chi connectivity index (χ4n) is 3.81. The van der Waals surface area contributed by atoms with Crippen molar-refractivity contribution in [3.63, 3.8) is 0 Å². The number of hydrogen-bond acceptors (Lipinski definition) is 4. The van der Waals surface area contributed by atoms with Crippen LogP contribution < -0.4 is 16.2 Å². The van der Waals surface area contributed by atoms with Crippen molar-refractivity contribution in [1.29, 1.82) is 0 Å². The third-order valence-electron chi connectivity index (χ3n) is 5.03. The number of pyridine rings is 1. The first kappa shape index (κ1) is 21.2. The molecule has 2 heterocycles. The van der Waals surface area contributed by atoms with Crippen LogP contribution in [0.2, 0.25) is 0 Å². The molecule has 1 aromatic heterocycles.